The molecule has 0 aliphatic heterocycles. The zero-order valence-electron chi connectivity index (χ0n) is 8.52. The van der Waals surface area contributed by atoms with E-state index in [9.17, 15) is 0 Å². The molecule has 2 heteroatoms. The summed E-state index contributed by atoms with van der Waals surface area (Å²) in [5.74, 6) is 5.32. The maximum Gasteiger partial charge on any atom is 0.0891 e. The highest BCUT2D eigenvalue weighted by Gasteiger charge is 2.42. The van der Waals surface area contributed by atoms with Crippen molar-refractivity contribution in [3.8, 4) is 0 Å². The Balaban J connectivity index is 2.68. The molecule has 0 spiro atoms. The molecular formula is C10H21NO. The Morgan fingerprint density at radius 3 is 2.08 bits per heavy atom. The highest BCUT2D eigenvalue weighted by atomic mass is 16.6. The van der Waals surface area contributed by atoms with Crippen LogP contribution < -0.4 is 5.90 Å². The maximum atomic E-state index is 5.32. The van der Waals surface area contributed by atoms with E-state index in [2.05, 4.69) is 20.8 Å². The molecule has 0 aromatic heterocycles. The Labute approximate surface area is 75.4 Å². The largest absolute Gasteiger partial charge is 0.298 e. The first-order valence-corrected chi connectivity index (χ1v) is 4.90. The van der Waals surface area contributed by atoms with Gasteiger partial charge < -0.3 is 0 Å². The second-order valence-corrected chi connectivity index (χ2v) is 4.75. The van der Waals surface area contributed by atoms with E-state index in [4.69, 9.17) is 10.7 Å². The van der Waals surface area contributed by atoms with Crippen LogP contribution in [0.5, 0.6) is 0 Å². The molecular weight excluding hydrogens is 150 g/mol. The summed E-state index contributed by atoms with van der Waals surface area (Å²) in [6.45, 7) is 6.48. The second-order valence-electron chi connectivity index (χ2n) is 4.75. The summed E-state index contributed by atoms with van der Waals surface area (Å²) in [5.41, 5.74) is 0.105. The van der Waals surface area contributed by atoms with Crippen molar-refractivity contribution < 1.29 is 4.84 Å². The van der Waals surface area contributed by atoms with Crippen LogP contribution in [0.2, 0.25) is 0 Å². The Bertz CT molecular complexity index is 148. The molecule has 0 amide bonds. The Kier molecular flexibility index (Phi) is 2.79. The van der Waals surface area contributed by atoms with Crippen LogP contribution >= 0.6 is 0 Å². The van der Waals surface area contributed by atoms with Gasteiger partial charge in [-0.1, -0.05) is 26.2 Å². The lowest BCUT2D eigenvalue weighted by atomic mass is 9.66. The van der Waals surface area contributed by atoms with Gasteiger partial charge in [0.2, 0.25) is 0 Å². The van der Waals surface area contributed by atoms with Crippen LogP contribution in [0.3, 0.4) is 0 Å². The van der Waals surface area contributed by atoms with Gasteiger partial charge in [-0.3, -0.25) is 4.84 Å². The van der Waals surface area contributed by atoms with Gasteiger partial charge in [-0.2, -0.15) is 0 Å². The summed E-state index contributed by atoms with van der Waals surface area (Å²) in [6.07, 6.45) is 6.51. The third kappa shape index (κ3) is 1.64. The minimum atomic E-state index is -0.173. The molecule has 0 saturated heterocycles. The SMILES string of the molecule is CC1(C(C)(C)ON)CCCCC1. The Morgan fingerprint density at radius 1 is 1.17 bits per heavy atom. The van der Waals surface area contributed by atoms with Gasteiger partial charge in [0.05, 0.1) is 5.60 Å². The molecule has 1 saturated carbocycles. The van der Waals surface area contributed by atoms with E-state index in [1.54, 1.807) is 0 Å². The Hall–Kier alpha value is -0.0800. The molecule has 12 heavy (non-hydrogen) atoms. The molecule has 1 aliphatic carbocycles. The molecule has 0 aromatic rings. The number of rotatable bonds is 2. The third-order valence-electron chi connectivity index (χ3n) is 3.71. The van der Waals surface area contributed by atoms with Crippen LogP contribution in [0.4, 0.5) is 0 Å². The highest BCUT2D eigenvalue weighted by Crippen LogP contribution is 2.45. The maximum absolute atomic E-state index is 5.32. The molecule has 0 radical (unpaired) electrons. The van der Waals surface area contributed by atoms with Crippen molar-refractivity contribution in [1.82, 2.24) is 0 Å². The standard InChI is InChI=1S/C10H21NO/c1-9(2,12-11)10(3)7-5-4-6-8-10/h4-8,11H2,1-3H3. The summed E-state index contributed by atoms with van der Waals surface area (Å²) in [5, 5.41) is 0. The Morgan fingerprint density at radius 2 is 1.67 bits per heavy atom. The van der Waals surface area contributed by atoms with Crippen LogP contribution in [-0.4, -0.2) is 5.60 Å². The van der Waals surface area contributed by atoms with Crippen LogP contribution in [0.15, 0.2) is 0 Å². The molecule has 1 aliphatic rings. The first-order valence-electron chi connectivity index (χ1n) is 4.90. The quantitative estimate of drug-likeness (QED) is 0.648. The van der Waals surface area contributed by atoms with Crippen molar-refractivity contribution in [3.05, 3.63) is 0 Å². The number of nitrogens with two attached hydrogens (primary N) is 1. The van der Waals surface area contributed by atoms with Crippen LogP contribution in [-0.2, 0) is 4.84 Å². The molecule has 1 fully saturated rings. The smallest absolute Gasteiger partial charge is 0.0891 e. The van der Waals surface area contributed by atoms with Crippen molar-refractivity contribution >= 4 is 0 Å². The summed E-state index contributed by atoms with van der Waals surface area (Å²) in [7, 11) is 0. The van der Waals surface area contributed by atoms with Gasteiger partial charge >= 0.3 is 0 Å². The third-order valence-corrected chi connectivity index (χ3v) is 3.71. The van der Waals surface area contributed by atoms with Gasteiger partial charge in [0.25, 0.3) is 0 Å². The average molecular weight is 171 g/mol. The van der Waals surface area contributed by atoms with E-state index >= 15 is 0 Å². The molecule has 1 rings (SSSR count). The zero-order chi connectivity index (χ0) is 9.24. The van der Waals surface area contributed by atoms with Crippen molar-refractivity contribution in [2.75, 3.05) is 0 Å². The number of hydrogen-bond donors (Lipinski definition) is 1. The zero-order valence-corrected chi connectivity index (χ0v) is 8.52. The normalized spacial score (nSPS) is 24.0. The number of hydrogen-bond acceptors (Lipinski definition) is 2. The van der Waals surface area contributed by atoms with Crippen molar-refractivity contribution in [2.24, 2.45) is 11.3 Å². The van der Waals surface area contributed by atoms with E-state index in [-0.39, 0.29) is 11.0 Å². The molecule has 0 heterocycles. The summed E-state index contributed by atoms with van der Waals surface area (Å²) in [4.78, 5) is 5.08. The fraction of sp³-hybridized carbons (Fsp3) is 1.00. The van der Waals surface area contributed by atoms with Gasteiger partial charge in [0, 0.05) is 0 Å². The minimum absolute atomic E-state index is 0.173. The van der Waals surface area contributed by atoms with Crippen molar-refractivity contribution in [1.29, 1.82) is 0 Å². The van der Waals surface area contributed by atoms with Crippen LogP contribution in [0, 0.1) is 5.41 Å². The molecule has 72 valence electrons. The van der Waals surface area contributed by atoms with Crippen molar-refractivity contribution in [2.45, 2.75) is 58.5 Å². The minimum Gasteiger partial charge on any atom is -0.298 e. The molecule has 0 bridgehead atoms. The topological polar surface area (TPSA) is 35.2 Å². The molecule has 2 nitrogen and oxygen atoms in total. The summed E-state index contributed by atoms with van der Waals surface area (Å²) >= 11 is 0. The molecule has 0 aromatic carbocycles. The van der Waals surface area contributed by atoms with Gasteiger partial charge in [-0.05, 0) is 32.1 Å². The average Bonchev–Trinajstić information content (AvgIpc) is 2.06. The second kappa shape index (κ2) is 3.35. The van der Waals surface area contributed by atoms with E-state index in [1.807, 2.05) is 0 Å². The van der Waals surface area contributed by atoms with E-state index in [1.165, 1.54) is 32.1 Å². The van der Waals surface area contributed by atoms with Gasteiger partial charge in [-0.25, -0.2) is 5.90 Å². The summed E-state index contributed by atoms with van der Waals surface area (Å²) in [6, 6.07) is 0. The predicted molar refractivity (Wildman–Crippen MR) is 50.5 cm³/mol. The van der Waals surface area contributed by atoms with E-state index in [0.717, 1.165) is 0 Å². The van der Waals surface area contributed by atoms with E-state index in [0.29, 0.717) is 0 Å². The highest BCUT2D eigenvalue weighted by molar-refractivity contribution is 4.92. The van der Waals surface area contributed by atoms with Crippen LogP contribution in [0.1, 0.15) is 52.9 Å². The van der Waals surface area contributed by atoms with Crippen molar-refractivity contribution in [3.63, 3.8) is 0 Å². The van der Waals surface area contributed by atoms with Gasteiger partial charge in [-0.15, -0.1) is 0 Å². The van der Waals surface area contributed by atoms with Gasteiger partial charge in [0.15, 0.2) is 0 Å². The molecule has 0 unspecified atom stereocenters. The summed E-state index contributed by atoms with van der Waals surface area (Å²) < 4.78 is 0. The van der Waals surface area contributed by atoms with E-state index < -0.39 is 0 Å². The first-order chi connectivity index (χ1) is 5.52. The lowest BCUT2D eigenvalue weighted by Crippen LogP contribution is -2.46. The predicted octanol–water partition coefficient (Wildman–Crippen LogP) is 2.63. The lowest BCUT2D eigenvalue weighted by Gasteiger charge is -2.45. The lowest BCUT2D eigenvalue weighted by molar-refractivity contribution is -0.121. The van der Waals surface area contributed by atoms with Gasteiger partial charge in [0.1, 0.15) is 0 Å². The molecule has 0 atom stereocenters. The fourth-order valence-electron chi connectivity index (χ4n) is 2.08. The first kappa shape index (κ1) is 10.0. The fourth-order valence-corrected chi connectivity index (χ4v) is 2.08. The van der Waals surface area contributed by atoms with Crippen LogP contribution in [0.25, 0.3) is 0 Å². The molecule has 2 N–H and O–H groups in total. The monoisotopic (exact) mass is 171 g/mol.